The predicted molar refractivity (Wildman–Crippen MR) is 47.4 cm³/mol. The van der Waals surface area contributed by atoms with Crippen LogP contribution >= 0.6 is 0 Å². The lowest BCUT2D eigenvalue weighted by Gasteiger charge is -2.34. The molecule has 2 heteroatoms. The Morgan fingerprint density at radius 3 is 3.18 bits per heavy atom. The van der Waals surface area contributed by atoms with Crippen LogP contribution < -0.4 is 5.32 Å². The van der Waals surface area contributed by atoms with Crippen molar-refractivity contribution >= 4 is 0 Å². The molecule has 0 radical (unpaired) electrons. The van der Waals surface area contributed by atoms with Crippen molar-refractivity contribution in [3.05, 3.63) is 0 Å². The third-order valence-corrected chi connectivity index (χ3v) is 2.24. The minimum Gasteiger partial charge on any atom is -0.314 e. The van der Waals surface area contributed by atoms with Crippen molar-refractivity contribution < 1.29 is 0 Å². The van der Waals surface area contributed by atoms with Gasteiger partial charge in [0.1, 0.15) is 0 Å². The van der Waals surface area contributed by atoms with E-state index >= 15 is 0 Å². The average Bonchev–Trinajstić information content (AvgIpc) is 2.06. The molecule has 1 atom stereocenters. The smallest absolute Gasteiger partial charge is 0.0602 e. The van der Waals surface area contributed by atoms with Gasteiger partial charge in [-0.3, -0.25) is 4.90 Å². The van der Waals surface area contributed by atoms with Gasteiger partial charge in [-0.2, -0.15) is 0 Å². The SMILES string of the molecule is C#CCN1CCNCC1CC. The molecule has 11 heavy (non-hydrogen) atoms. The summed E-state index contributed by atoms with van der Waals surface area (Å²) in [6, 6.07) is 0.653. The summed E-state index contributed by atoms with van der Waals surface area (Å²) in [6.07, 6.45) is 6.45. The zero-order valence-corrected chi connectivity index (χ0v) is 7.14. The van der Waals surface area contributed by atoms with Crippen LogP contribution in [0.2, 0.25) is 0 Å². The van der Waals surface area contributed by atoms with Gasteiger partial charge in [-0.05, 0) is 6.42 Å². The molecular weight excluding hydrogens is 136 g/mol. The molecule has 0 bridgehead atoms. The lowest BCUT2D eigenvalue weighted by molar-refractivity contribution is 0.177. The first-order valence-electron chi connectivity index (χ1n) is 4.26. The molecule has 0 aromatic heterocycles. The van der Waals surface area contributed by atoms with Crippen LogP contribution in [-0.4, -0.2) is 37.1 Å². The second-order valence-electron chi connectivity index (χ2n) is 2.94. The van der Waals surface area contributed by atoms with E-state index in [9.17, 15) is 0 Å². The van der Waals surface area contributed by atoms with Crippen molar-refractivity contribution in [2.75, 3.05) is 26.2 Å². The fraction of sp³-hybridized carbons (Fsp3) is 0.778. The molecule has 1 rings (SSSR count). The Balaban J connectivity index is 2.39. The van der Waals surface area contributed by atoms with Crippen LogP contribution in [0.25, 0.3) is 0 Å². The molecule has 1 aliphatic rings. The number of hydrogen-bond donors (Lipinski definition) is 1. The van der Waals surface area contributed by atoms with E-state index in [1.165, 1.54) is 6.42 Å². The van der Waals surface area contributed by atoms with E-state index < -0.39 is 0 Å². The fourth-order valence-electron chi connectivity index (χ4n) is 1.53. The molecule has 0 aliphatic carbocycles. The molecule has 1 heterocycles. The van der Waals surface area contributed by atoms with Crippen molar-refractivity contribution in [1.29, 1.82) is 0 Å². The fourth-order valence-corrected chi connectivity index (χ4v) is 1.53. The van der Waals surface area contributed by atoms with E-state index in [0.717, 1.165) is 26.2 Å². The zero-order chi connectivity index (χ0) is 8.10. The van der Waals surface area contributed by atoms with Crippen LogP contribution in [0.5, 0.6) is 0 Å². The molecule has 0 aromatic rings. The lowest BCUT2D eigenvalue weighted by Crippen LogP contribution is -2.50. The quantitative estimate of drug-likeness (QED) is 0.573. The Morgan fingerprint density at radius 2 is 2.55 bits per heavy atom. The van der Waals surface area contributed by atoms with Gasteiger partial charge < -0.3 is 5.32 Å². The lowest BCUT2D eigenvalue weighted by atomic mass is 10.1. The van der Waals surface area contributed by atoms with Gasteiger partial charge >= 0.3 is 0 Å². The first kappa shape index (κ1) is 8.58. The molecule has 0 aromatic carbocycles. The van der Waals surface area contributed by atoms with Gasteiger partial charge in [0.15, 0.2) is 0 Å². The second kappa shape index (κ2) is 4.38. The first-order chi connectivity index (χ1) is 5.38. The van der Waals surface area contributed by atoms with E-state index in [2.05, 4.69) is 23.1 Å². The second-order valence-corrected chi connectivity index (χ2v) is 2.94. The molecule has 0 amide bonds. The summed E-state index contributed by atoms with van der Waals surface area (Å²) in [7, 11) is 0. The monoisotopic (exact) mass is 152 g/mol. The van der Waals surface area contributed by atoms with Gasteiger partial charge in [-0.15, -0.1) is 6.42 Å². The van der Waals surface area contributed by atoms with Crippen LogP contribution in [-0.2, 0) is 0 Å². The van der Waals surface area contributed by atoms with E-state index in [0.29, 0.717) is 6.04 Å². The Hall–Kier alpha value is -0.520. The van der Waals surface area contributed by atoms with Crippen molar-refractivity contribution in [3.63, 3.8) is 0 Å². The van der Waals surface area contributed by atoms with Crippen molar-refractivity contribution in [2.24, 2.45) is 0 Å². The third-order valence-electron chi connectivity index (χ3n) is 2.24. The molecule has 1 fully saturated rings. The highest BCUT2D eigenvalue weighted by atomic mass is 15.2. The number of rotatable bonds is 2. The van der Waals surface area contributed by atoms with E-state index in [1.807, 2.05) is 0 Å². The zero-order valence-electron chi connectivity index (χ0n) is 7.14. The predicted octanol–water partition coefficient (Wildman–Crippen LogP) is 0.303. The Labute approximate surface area is 69.0 Å². The van der Waals surface area contributed by atoms with Crippen molar-refractivity contribution in [2.45, 2.75) is 19.4 Å². The van der Waals surface area contributed by atoms with Crippen LogP contribution in [0.15, 0.2) is 0 Å². The summed E-state index contributed by atoms with van der Waals surface area (Å²) in [5.74, 6) is 2.70. The molecule has 1 saturated heterocycles. The maximum atomic E-state index is 5.26. The van der Waals surface area contributed by atoms with Crippen LogP contribution in [0, 0.1) is 12.3 Å². The molecule has 1 unspecified atom stereocenters. The summed E-state index contributed by atoms with van der Waals surface area (Å²) in [5, 5.41) is 3.36. The van der Waals surface area contributed by atoms with Crippen molar-refractivity contribution in [1.82, 2.24) is 10.2 Å². The van der Waals surface area contributed by atoms with Gasteiger partial charge in [0, 0.05) is 25.7 Å². The molecule has 62 valence electrons. The van der Waals surface area contributed by atoms with Crippen molar-refractivity contribution in [3.8, 4) is 12.3 Å². The average molecular weight is 152 g/mol. The summed E-state index contributed by atoms with van der Waals surface area (Å²) in [5.41, 5.74) is 0. The standard InChI is InChI=1S/C9H16N2/c1-3-6-11-7-5-10-8-9(11)4-2/h1,9-10H,4-8H2,2H3. The first-order valence-corrected chi connectivity index (χ1v) is 4.26. The highest BCUT2D eigenvalue weighted by molar-refractivity contribution is 4.92. The Kier molecular flexibility index (Phi) is 3.41. The number of nitrogens with one attached hydrogen (secondary N) is 1. The topological polar surface area (TPSA) is 15.3 Å². The summed E-state index contributed by atoms with van der Waals surface area (Å²) in [4.78, 5) is 2.37. The third kappa shape index (κ3) is 2.21. The van der Waals surface area contributed by atoms with Gasteiger partial charge in [0.05, 0.1) is 6.54 Å². The molecule has 1 N–H and O–H groups in total. The highest BCUT2D eigenvalue weighted by Gasteiger charge is 2.18. The number of piperazine rings is 1. The molecule has 0 spiro atoms. The van der Waals surface area contributed by atoms with Gasteiger partial charge in [-0.1, -0.05) is 12.8 Å². The minimum absolute atomic E-state index is 0.653. The van der Waals surface area contributed by atoms with Crippen LogP contribution in [0.3, 0.4) is 0 Å². The number of hydrogen-bond acceptors (Lipinski definition) is 2. The van der Waals surface area contributed by atoms with Gasteiger partial charge in [-0.25, -0.2) is 0 Å². The molecule has 2 nitrogen and oxygen atoms in total. The summed E-state index contributed by atoms with van der Waals surface area (Å²) < 4.78 is 0. The maximum Gasteiger partial charge on any atom is 0.0602 e. The Morgan fingerprint density at radius 1 is 1.73 bits per heavy atom. The van der Waals surface area contributed by atoms with E-state index in [4.69, 9.17) is 6.42 Å². The number of nitrogens with zero attached hydrogens (tertiary/aromatic N) is 1. The highest BCUT2D eigenvalue weighted by Crippen LogP contribution is 2.05. The van der Waals surface area contributed by atoms with E-state index in [-0.39, 0.29) is 0 Å². The van der Waals surface area contributed by atoms with Crippen LogP contribution in [0.1, 0.15) is 13.3 Å². The number of terminal acetylenes is 1. The molecular formula is C9H16N2. The Bertz CT molecular complexity index is 148. The molecule has 0 saturated carbocycles. The van der Waals surface area contributed by atoms with Gasteiger partial charge in [0.2, 0.25) is 0 Å². The van der Waals surface area contributed by atoms with E-state index in [1.54, 1.807) is 0 Å². The van der Waals surface area contributed by atoms with Crippen LogP contribution in [0.4, 0.5) is 0 Å². The van der Waals surface area contributed by atoms with Gasteiger partial charge in [0.25, 0.3) is 0 Å². The summed E-state index contributed by atoms with van der Waals surface area (Å²) in [6.45, 7) is 6.29. The molecule has 1 aliphatic heterocycles. The maximum absolute atomic E-state index is 5.26. The summed E-state index contributed by atoms with van der Waals surface area (Å²) >= 11 is 0. The normalized spacial score (nSPS) is 26.4. The largest absolute Gasteiger partial charge is 0.314 e. The minimum atomic E-state index is 0.653.